The van der Waals surface area contributed by atoms with E-state index in [0.29, 0.717) is 46.1 Å². The number of ether oxygens (including phenoxy) is 5. The van der Waals surface area contributed by atoms with Crippen molar-refractivity contribution in [3.63, 3.8) is 0 Å². The minimum Gasteiger partial charge on any atom is -0.497 e. The first-order chi connectivity index (χ1) is 17.4. The predicted molar refractivity (Wildman–Crippen MR) is 133 cm³/mol. The van der Waals surface area contributed by atoms with Crippen molar-refractivity contribution in [3.05, 3.63) is 70.1 Å². The van der Waals surface area contributed by atoms with Crippen LogP contribution in [0.25, 0.3) is 0 Å². The molecule has 0 fully saturated rings. The van der Waals surface area contributed by atoms with Gasteiger partial charge in [-0.1, -0.05) is 12.1 Å². The molecule has 190 valence electrons. The zero-order valence-electron chi connectivity index (χ0n) is 21.2. The van der Waals surface area contributed by atoms with Crippen LogP contribution in [0.15, 0.2) is 58.9 Å². The summed E-state index contributed by atoms with van der Waals surface area (Å²) in [5.74, 6) is 0.976. The molecule has 2 aromatic rings. The molecule has 1 aliphatic carbocycles. The molecule has 0 radical (unpaired) electrons. The lowest BCUT2D eigenvalue weighted by atomic mass is 9.75. The van der Waals surface area contributed by atoms with Crippen LogP contribution in [-0.4, -0.2) is 40.2 Å². The van der Waals surface area contributed by atoms with Gasteiger partial charge in [-0.25, -0.2) is 4.79 Å². The number of Topliss-reactive ketones (excluding diaryl/α,β-unsaturated/α-hetero) is 1. The highest BCUT2D eigenvalue weighted by molar-refractivity contribution is 6.04. The van der Waals surface area contributed by atoms with Crippen LogP contribution in [-0.2, 0) is 20.9 Å². The third kappa shape index (κ3) is 4.76. The molecule has 4 rings (SSSR count). The van der Waals surface area contributed by atoms with Gasteiger partial charge in [0.2, 0.25) is 0 Å². The van der Waals surface area contributed by atoms with Crippen LogP contribution in [0, 0.1) is 0 Å². The number of carbonyl (C=O) groups excluding carboxylic acids is 2. The van der Waals surface area contributed by atoms with E-state index in [9.17, 15) is 9.59 Å². The highest BCUT2D eigenvalue weighted by atomic mass is 16.5. The molecular formula is C28H31NO7. The average molecular weight is 494 g/mol. The summed E-state index contributed by atoms with van der Waals surface area (Å²) in [6, 6.07) is 10.8. The van der Waals surface area contributed by atoms with Gasteiger partial charge < -0.3 is 29.0 Å². The molecule has 2 aliphatic rings. The number of ketones is 1. The third-order valence-electron chi connectivity index (χ3n) is 6.57. The topological polar surface area (TPSA) is 92.3 Å². The number of rotatable bonds is 8. The van der Waals surface area contributed by atoms with Crippen molar-refractivity contribution in [2.75, 3.05) is 28.4 Å². The second kappa shape index (κ2) is 10.8. The maximum Gasteiger partial charge on any atom is 0.337 e. The fourth-order valence-electron chi connectivity index (χ4n) is 4.79. The maximum atomic E-state index is 13.6. The molecule has 36 heavy (non-hydrogen) atoms. The van der Waals surface area contributed by atoms with Gasteiger partial charge in [-0.15, -0.1) is 0 Å². The van der Waals surface area contributed by atoms with E-state index in [-0.39, 0.29) is 12.4 Å². The van der Waals surface area contributed by atoms with Gasteiger partial charge in [0, 0.05) is 35.0 Å². The second-order valence-electron chi connectivity index (χ2n) is 8.64. The Bertz CT molecular complexity index is 1230. The van der Waals surface area contributed by atoms with Crippen molar-refractivity contribution < 1.29 is 33.3 Å². The van der Waals surface area contributed by atoms with Crippen LogP contribution in [0.5, 0.6) is 23.0 Å². The number of methoxy groups -OCH3 is 4. The Labute approximate surface area is 210 Å². The Morgan fingerprint density at radius 2 is 1.58 bits per heavy atom. The zero-order valence-corrected chi connectivity index (χ0v) is 21.2. The molecule has 8 nitrogen and oxygen atoms in total. The van der Waals surface area contributed by atoms with E-state index in [0.717, 1.165) is 29.9 Å². The molecule has 0 unspecified atom stereocenters. The molecule has 1 heterocycles. The summed E-state index contributed by atoms with van der Waals surface area (Å²) < 4.78 is 27.6. The Balaban J connectivity index is 1.77. The highest BCUT2D eigenvalue weighted by Gasteiger charge is 2.41. The summed E-state index contributed by atoms with van der Waals surface area (Å²) in [6.45, 7) is 1.91. The van der Waals surface area contributed by atoms with Crippen molar-refractivity contribution in [1.82, 2.24) is 5.32 Å². The Kier molecular flexibility index (Phi) is 7.52. The van der Waals surface area contributed by atoms with Gasteiger partial charge in [-0.05, 0) is 43.5 Å². The molecule has 1 N–H and O–H groups in total. The number of esters is 1. The van der Waals surface area contributed by atoms with E-state index < -0.39 is 11.9 Å². The average Bonchev–Trinajstić information content (AvgIpc) is 2.90. The Morgan fingerprint density at radius 1 is 0.917 bits per heavy atom. The Morgan fingerprint density at radius 3 is 2.22 bits per heavy atom. The minimum absolute atomic E-state index is 0.00135. The van der Waals surface area contributed by atoms with Crippen LogP contribution in [0.2, 0.25) is 0 Å². The van der Waals surface area contributed by atoms with Crippen LogP contribution >= 0.6 is 0 Å². The van der Waals surface area contributed by atoms with E-state index in [4.69, 9.17) is 23.7 Å². The number of benzene rings is 2. The molecule has 0 aromatic heterocycles. The summed E-state index contributed by atoms with van der Waals surface area (Å²) in [5.41, 5.74) is 3.86. The number of nitrogens with one attached hydrogen (secondary N) is 1. The first-order valence-corrected chi connectivity index (χ1v) is 11.8. The molecule has 0 saturated carbocycles. The van der Waals surface area contributed by atoms with Crippen molar-refractivity contribution >= 4 is 11.8 Å². The van der Waals surface area contributed by atoms with Crippen LogP contribution < -0.4 is 24.3 Å². The fourth-order valence-corrected chi connectivity index (χ4v) is 4.79. The van der Waals surface area contributed by atoms with Crippen molar-refractivity contribution in [3.8, 4) is 23.0 Å². The van der Waals surface area contributed by atoms with Crippen LogP contribution in [0.3, 0.4) is 0 Å². The van der Waals surface area contributed by atoms with Crippen LogP contribution in [0.1, 0.15) is 43.2 Å². The summed E-state index contributed by atoms with van der Waals surface area (Å²) in [4.78, 5) is 26.8. The lowest BCUT2D eigenvalue weighted by Crippen LogP contribution is -2.34. The summed E-state index contributed by atoms with van der Waals surface area (Å²) in [7, 11) is 6.22. The van der Waals surface area contributed by atoms with Gasteiger partial charge in [-0.2, -0.15) is 0 Å². The molecule has 1 aliphatic heterocycles. The molecule has 0 saturated heterocycles. The third-order valence-corrected chi connectivity index (χ3v) is 6.57. The van der Waals surface area contributed by atoms with Crippen LogP contribution in [0.4, 0.5) is 0 Å². The van der Waals surface area contributed by atoms with E-state index in [1.165, 1.54) is 7.11 Å². The normalized spacial score (nSPS) is 17.2. The minimum atomic E-state index is -0.674. The number of hydrogen-bond acceptors (Lipinski definition) is 8. The quantitative estimate of drug-likeness (QED) is 0.540. The smallest absolute Gasteiger partial charge is 0.337 e. The number of hydrogen-bond donors (Lipinski definition) is 1. The van der Waals surface area contributed by atoms with Gasteiger partial charge >= 0.3 is 5.97 Å². The van der Waals surface area contributed by atoms with E-state index in [2.05, 4.69) is 5.32 Å². The molecule has 0 bridgehead atoms. The van der Waals surface area contributed by atoms with Gasteiger partial charge in [0.25, 0.3) is 0 Å². The van der Waals surface area contributed by atoms with Gasteiger partial charge in [0.1, 0.15) is 18.1 Å². The van der Waals surface area contributed by atoms with Crippen molar-refractivity contribution in [1.29, 1.82) is 0 Å². The maximum absolute atomic E-state index is 13.6. The first kappa shape index (κ1) is 25.2. The van der Waals surface area contributed by atoms with Gasteiger partial charge in [-0.3, -0.25) is 4.79 Å². The molecule has 8 heteroatoms. The van der Waals surface area contributed by atoms with Crippen molar-refractivity contribution in [2.24, 2.45) is 0 Å². The molecule has 0 spiro atoms. The van der Waals surface area contributed by atoms with E-state index in [1.54, 1.807) is 33.5 Å². The van der Waals surface area contributed by atoms with E-state index >= 15 is 0 Å². The lowest BCUT2D eigenvalue weighted by molar-refractivity contribution is -0.140. The van der Waals surface area contributed by atoms with Gasteiger partial charge in [0.05, 0.1) is 39.9 Å². The van der Waals surface area contributed by atoms with Gasteiger partial charge in [0.15, 0.2) is 17.3 Å². The molecule has 1 atom stereocenters. The summed E-state index contributed by atoms with van der Waals surface area (Å²) >= 11 is 0. The molecule has 2 aromatic carbocycles. The largest absolute Gasteiger partial charge is 0.497 e. The first-order valence-electron chi connectivity index (χ1n) is 11.8. The monoisotopic (exact) mass is 493 g/mol. The summed E-state index contributed by atoms with van der Waals surface area (Å²) in [6.07, 6.45) is 1.89. The number of dihydropyridines is 1. The SMILES string of the molecule is COc1ccc(COC(=O)C2=C(C)NC3=C(C(=O)CCC3)[C@@H]2c2cc(OC)c(OC)cc2OC)cc1. The lowest BCUT2D eigenvalue weighted by Gasteiger charge is -2.34. The fraction of sp³-hybridized carbons (Fsp3) is 0.357. The predicted octanol–water partition coefficient (Wildman–Crippen LogP) is 4.43. The standard InChI is InChI=1S/C28H31NO7/c1-16-25(28(31)36-15-17-9-11-18(32-2)12-10-17)26(27-20(29-16)7-6-8-21(27)30)19-13-23(34-4)24(35-5)14-22(19)33-3/h9-14,26,29H,6-8,15H2,1-5H3/t26-/m1/s1. The highest BCUT2D eigenvalue weighted by Crippen LogP contribution is 2.48. The Hall–Kier alpha value is -3.94. The molecular weight excluding hydrogens is 462 g/mol. The van der Waals surface area contributed by atoms with Crippen molar-refractivity contribution in [2.45, 2.75) is 38.7 Å². The number of allylic oxidation sites excluding steroid dienone is 3. The second-order valence-corrected chi connectivity index (χ2v) is 8.64. The molecule has 0 amide bonds. The zero-order chi connectivity index (χ0) is 25.8. The summed E-state index contributed by atoms with van der Waals surface area (Å²) in [5, 5.41) is 3.31. The number of carbonyl (C=O) groups is 2. The van der Waals surface area contributed by atoms with E-state index in [1.807, 2.05) is 31.2 Å².